The predicted octanol–water partition coefficient (Wildman–Crippen LogP) is 3.63. The molecule has 0 amide bonds. The molecule has 1 aromatic heterocycles. The third-order valence-corrected chi connectivity index (χ3v) is 5.01. The van der Waals surface area contributed by atoms with Gasteiger partial charge < -0.3 is 14.5 Å². The number of benzene rings is 1. The van der Waals surface area contributed by atoms with Crippen molar-refractivity contribution in [1.29, 1.82) is 0 Å². The lowest BCUT2D eigenvalue weighted by molar-refractivity contribution is -0.134. The Kier molecular flexibility index (Phi) is 4.96. The third kappa shape index (κ3) is 3.81. The number of alkyl halides is 3. The van der Waals surface area contributed by atoms with E-state index in [2.05, 4.69) is 9.88 Å². The van der Waals surface area contributed by atoms with Crippen molar-refractivity contribution in [3.63, 3.8) is 0 Å². The van der Waals surface area contributed by atoms with Gasteiger partial charge in [-0.25, -0.2) is 4.98 Å². The molecular weight excluding hydrogens is 339 g/mol. The first-order valence-corrected chi connectivity index (χ1v) is 8.41. The Morgan fingerprint density at radius 3 is 2.62 bits per heavy atom. The molecule has 1 aliphatic rings. The minimum Gasteiger partial charge on any atom is -0.378 e. The van der Waals surface area contributed by atoms with Crippen molar-refractivity contribution >= 4 is 22.2 Å². The van der Waals surface area contributed by atoms with E-state index < -0.39 is 11.1 Å². The topological polar surface area (TPSA) is 28.6 Å². The summed E-state index contributed by atoms with van der Waals surface area (Å²) in [4.78, 5) is 7.23. The minimum absolute atomic E-state index is 0.360. The van der Waals surface area contributed by atoms with Crippen LogP contribution in [0, 0.1) is 0 Å². The maximum atomic E-state index is 12.7. The fraction of sp³-hybridized carbons (Fsp3) is 0.438. The molecule has 24 heavy (non-hydrogen) atoms. The second kappa shape index (κ2) is 6.98. The molecule has 1 aromatic carbocycles. The van der Waals surface area contributed by atoms with E-state index in [0.717, 1.165) is 30.5 Å². The first-order chi connectivity index (χ1) is 11.4. The summed E-state index contributed by atoms with van der Waals surface area (Å²) < 4.78 is 43.6. The smallest absolute Gasteiger partial charge is 0.378 e. The molecule has 130 valence electrons. The van der Waals surface area contributed by atoms with Crippen molar-refractivity contribution in [1.82, 2.24) is 4.98 Å². The summed E-state index contributed by atoms with van der Waals surface area (Å²) in [5.41, 5.74) is 2.16. The molecule has 0 radical (unpaired) electrons. The number of ether oxygens (including phenoxy) is 1. The molecule has 0 unspecified atom stereocenters. The van der Waals surface area contributed by atoms with Crippen LogP contribution in [-0.2, 0) is 17.5 Å². The number of rotatable bonds is 4. The molecule has 0 atom stereocenters. The Morgan fingerprint density at radius 2 is 1.96 bits per heavy atom. The van der Waals surface area contributed by atoms with Crippen molar-refractivity contribution in [3.05, 3.63) is 40.9 Å². The van der Waals surface area contributed by atoms with Crippen LogP contribution in [0.2, 0.25) is 0 Å². The van der Waals surface area contributed by atoms with Crippen LogP contribution in [0.4, 0.5) is 24.0 Å². The summed E-state index contributed by atoms with van der Waals surface area (Å²) in [6.45, 7) is 3.50. The zero-order valence-electron chi connectivity index (χ0n) is 13.2. The molecule has 1 aliphatic heterocycles. The number of hydrogen-bond acceptors (Lipinski definition) is 5. The Labute approximate surface area is 142 Å². The van der Waals surface area contributed by atoms with Crippen molar-refractivity contribution in [2.24, 2.45) is 0 Å². The van der Waals surface area contributed by atoms with Gasteiger partial charge in [-0.15, -0.1) is 0 Å². The molecule has 0 saturated carbocycles. The van der Waals surface area contributed by atoms with Crippen LogP contribution in [0.25, 0.3) is 0 Å². The lowest BCUT2D eigenvalue weighted by Crippen LogP contribution is -2.37. The highest BCUT2D eigenvalue weighted by Gasteiger charge is 2.33. The van der Waals surface area contributed by atoms with Crippen molar-refractivity contribution in [2.75, 3.05) is 43.2 Å². The molecule has 1 saturated heterocycles. The number of halogens is 3. The predicted molar refractivity (Wildman–Crippen MR) is 88.7 cm³/mol. The van der Waals surface area contributed by atoms with Gasteiger partial charge in [-0.1, -0.05) is 29.5 Å². The number of anilines is 2. The zero-order valence-corrected chi connectivity index (χ0v) is 14.0. The Bertz CT molecular complexity index is 683. The average molecular weight is 357 g/mol. The first-order valence-electron chi connectivity index (χ1n) is 7.60. The molecule has 0 N–H and O–H groups in total. The van der Waals surface area contributed by atoms with Crippen LogP contribution >= 0.6 is 11.3 Å². The van der Waals surface area contributed by atoms with Gasteiger partial charge in [-0.05, 0) is 11.6 Å². The van der Waals surface area contributed by atoms with Gasteiger partial charge >= 0.3 is 6.18 Å². The molecule has 0 bridgehead atoms. The minimum atomic E-state index is -4.34. The highest BCUT2D eigenvalue weighted by Crippen LogP contribution is 2.36. The molecule has 2 aromatic rings. The van der Waals surface area contributed by atoms with E-state index in [1.54, 1.807) is 11.9 Å². The van der Waals surface area contributed by atoms with Gasteiger partial charge in [0.2, 0.25) is 0 Å². The lowest BCUT2D eigenvalue weighted by Gasteiger charge is -2.31. The first kappa shape index (κ1) is 17.0. The largest absolute Gasteiger partial charge is 0.427 e. The standard InChI is InChI=1S/C16H18F3N3OS/c1-21(15-20-10-14(24-15)16(17,18)19)11-12-4-2-3-5-13(12)22-6-8-23-9-7-22/h2-5,10H,6-9,11H2,1H3. The Balaban J connectivity index is 1.77. The molecular formula is C16H18F3N3OS. The van der Waals surface area contributed by atoms with Crippen LogP contribution in [0.1, 0.15) is 10.4 Å². The van der Waals surface area contributed by atoms with Crippen LogP contribution in [-0.4, -0.2) is 38.3 Å². The van der Waals surface area contributed by atoms with Crippen LogP contribution < -0.4 is 9.80 Å². The summed E-state index contributed by atoms with van der Waals surface area (Å²) in [5, 5.41) is 0.360. The van der Waals surface area contributed by atoms with E-state index in [1.807, 2.05) is 24.3 Å². The number of aromatic nitrogens is 1. The summed E-state index contributed by atoms with van der Waals surface area (Å²) in [5.74, 6) is 0. The fourth-order valence-corrected chi connectivity index (χ4v) is 3.40. The molecule has 0 aliphatic carbocycles. The van der Waals surface area contributed by atoms with E-state index in [1.165, 1.54) is 0 Å². The van der Waals surface area contributed by atoms with E-state index in [-0.39, 0.29) is 0 Å². The molecule has 0 spiro atoms. The van der Waals surface area contributed by atoms with Gasteiger partial charge in [-0.2, -0.15) is 13.2 Å². The highest BCUT2D eigenvalue weighted by atomic mass is 32.1. The van der Waals surface area contributed by atoms with Gasteiger partial charge in [0.1, 0.15) is 4.88 Å². The van der Waals surface area contributed by atoms with E-state index in [4.69, 9.17) is 4.74 Å². The second-order valence-corrected chi connectivity index (χ2v) is 6.60. The summed E-state index contributed by atoms with van der Waals surface area (Å²) in [7, 11) is 1.76. The van der Waals surface area contributed by atoms with Gasteiger partial charge in [0, 0.05) is 32.4 Å². The fourth-order valence-electron chi connectivity index (χ4n) is 2.65. The number of morpholine rings is 1. The summed E-state index contributed by atoms with van der Waals surface area (Å²) in [6.07, 6.45) is -3.45. The SMILES string of the molecule is CN(Cc1ccccc1N1CCOCC1)c1ncc(C(F)(F)F)s1. The second-order valence-electron chi connectivity index (χ2n) is 5.59. The van der Waals surface area contributed by atoms with Crippen LogP contribution in [0.15, 0.2) is 30.5 Å². The molecule has 3 rings (SSSR count). The van der Waals surface area contributed by atoms with Crippen molar-refractivity contribution in [3.8, 4) is 0 Å². The maximum absolute atomic E-state index is 12.7. The number of thiazole rings is 1. The van der Waals surface area contributed by atoms with E-state index in [9.17, 15) is 13.2 Å². The molecule has 4 nitrogen and oxygen atoms in total. The van der Waals surface area contributed by atoms with Gasteiger partial charge in [0.25, 0.3) is 0 Å². The number of nitrogens with zero attached hydrogens (tertiary/aromatic N) is 3. The Hall–Kier alpha value is -1.80. The Morgan fingerprint density at radius 1 is 1.25 bits per heavy atom. The quantitative estimate of drug-likeness (QED) is 0.835. The van der Waals surface area contributed by atoms with E-state index >= 15 is 0 Å². The number of para-hydroxylation sites is 1. The zero-order chi connectivity index (χ0) is 17.2. The summed E-state index contributed by atoms with van der Waals surface area (Å²) in [6, 6.07) is 7.95. The molecule has 8 heteroatoms. The van der Waals surface area contributed by atoms with E-state index in [0.29, 0.717) is 36.2 Å². The summed E-state index contributed by atoms with van der Waals surface area (Å²) >= 11 is 0.665. The average Bonchev–Trinajstić information content (AvgIpc) is 3.07. The highest BCUT2D eigenvalue weighted by molar-refractivity contribution is 7.15. The van der Waals surface area contributed by atoms with Gasteiger partial charge in [0.15, 0.2) is 5.13 Å². The van der Waals surface area contributed by atoms with Crippen molar-refractivity contribution in [2.45, 2.75) is 12.7 Å². The van der Waals surface area contributed by atoms with Crippen molar-refractivity contribution < 1.29 is 17.9 Å². The van der Waals surface area contributed by atoms with Gasteiger partial charge in [-0.3, -0.25) is 0 Å². The number of hydrogen-bond donors (Lipinski definition) is 0. The molecule has 2 heterocycles. The monoisotopic (exact) mass is 357 g/mol. The lowest BCUT2D eigenvalue weighted by atomic mass is 10.1. The maximum Gasteiger partial charge on any atom is 0.427 e. The third-order valence-electron chi connectivity index (χ3n) is 3.85. The molecule has 1 fully saturated rings. The van der Waals surface area contributed by atoms with Crippen LogP contribution in [0.3, 0.4) is 0 Å². The van der Waals surface area contributed by atoms with Gasteiger partial charge in [0.05, 0.1) is 19.4 Å². The van der Waals surface area contributed by atoms with Crippen LogP contribution in [0.5, 0.6) is 0 Å². The normalized spacial score (nSPS) is 15.6.